The van der Waals surface area contributed by atoms with E-state index >= 15 is 0 Å². The minimum absolute atomic E-state index is 0.583. The van der Waals surface area contributed by atoms with Crippen LogP contribution in [0.1, 0.15) is 12.5 Å². The zero-order valence-corrected chi connectivity index (χ0v) is 13.1. The number of methoxy groups -OCH3 is 2. The van der Waals surface area contributed by atoms with Crippen LogP contribution < -0.4 is 14.8 Å². The maximum atomic E-state index is 5.31. The number of aromatic nitrogens is 4. The molecule has 0 amide bonds. The zero-order chi connectivity index (χ0) is 14.5. The minimum Gasteiger partial charge on any atom is -0.493 e. The van der Waals surface area contributed by atoms with E-state index in [1.807, 2.05) is 19.1 Å². The van der Waals surface area contributed by atoms with E-state index in [1.54, 1.807) is 18.9 Å². The van der Waals surface area contributed by atoms with Crippen molar-refractivity contribution in [2.24, 2.45) is 0 Å². The van der Waals surface area contributed by atoms with Crippen LogP contribution in [0.25, 0.3) is 0 Å². The van der Waals surface area contributed by atoms with Crippen LogP contribution in [0.3, 0.4) is 0 Å². The lowest BCUT2D eigenvalue weighted by Crippen LogP contribution is -2.08. The molecular formula is C12H16BrN5O2. The predicted molar refractivity (Wildman–Crippen MR) is 78.1 cm³/mol. The number of nitrogens with one attached hydrogen (secondary N) is 1. The fourth-order valence-electron chi connectivity index (χ4n) is 1.80. The Morgan fingerprint density at radius 2 is 2.10 bits per heavy atom. The molecule has 0 aliphatic rings. The number of rotatable bonds is 6. The van der Waals surface area contributed by atoms with Crippen molar-refractivity contribution in [1.29, 1.82) is 0 Å². The number of tetrazole rings is 1. The van der Waals surface area contributed by atoms with E-state index in [9.17, 15) is 0 Å². The molecule has 0 unspecified atom stereocenters. The monoisotopic (exact) mass is 341 g/mol. The smallest absolute Gasteiger partial charge is 0.243 e. The van der Waals surface area contributed by atoms with E-state index in [0.717, 1.165) is 10.0 Å². The molecule has 0 fully saturated rings. The van der Waals surface area contributed by atoms with E-state index in [2.05, 4.69) is 36.8 Å². The maximum absolute atomic E-state index is 5.31. The molecule has 0 atom stereocenters. The van der Waals surface area contributed by atoms with Gasteiger partial charge in [0, 0.05) is 13.1 Å². The summed E-state index contributed by atoms with van der Waals surface area (Å²) in [4.78, 5) is 0. The van der Waals surface area contributed by atoms with Gasteiger partial charge in [-0.25, -0.2) is 4.68 Å². The quantitative estimate of drug-likeness (QED) is 0.867. The van der Waals surface area contributed by atoms with Gasteiger partial charge in [0.2, 0.25) is 5.95 Å². The van der Waals surface area contributed by atoms with Gasteiger partial charge in [0.25, 0.3) is 0 Å². The molecule has 2 rings (SSSR count). The molecule has 20 heavy (non-hydrogen) atoms. The predicted octanol–water partition coefficient (Wildman–Crippen LogP) is 2.08. The van der Waals surface area contributed by atoms with Crippen LogP contribution in [-0.2, 0) is 13.1 Å². The Kier molecular flexibility index (Phi) is 4.78. The van der Waals surface area contributed by atoms with Crippen LogP contribution in [0.4, 0.5) is 5.95 Å². The molecule has 0 radical (unpaired) electrons. The summed E-state index contributed by atoms with van der Waals surface area (Å²) in [6.45, 7) is 3.28. The lowest BCUT2D eigenvalue weighted by Gasteiger charge is -2.12. The third-order valence-corrected chi connectivity index (χ3v) is 3.36. The number of ether oxygens (including phenoxy) is 2. The van der Waals surface area contributed by atoms with Crippen molar-refractivity contribution in [2.45, 2.75) is 20.0 Å². The molecule has 1 N–H and O–H groups in total. The second-order valence-electron chi connectivity index (χ2n) is 3.98. The lowest BCUT2D eigenvalue weighted by atomic mass is 10.2. The van der Waals surface area contributed by atoms with Gasteiger partial charge in [-0.1, -0.05) is 5.10 Å². The van der Waals surface area contributed by atoms with Crippen LogP contribution >= 0.6 is 15.9 Å². The Morgan fingerprint density at radius 3 is 2.75 bits per heavy atom. The summed E-state index contributed by atoms with van der Waals surface area (Å²) in [5.74, 6) is 1.99. The summed E-state index contributed by atoms with van der Waals surface area (Å²) in [5.41, 5.74) is 1.03. The fraction of sp³-hybridized carbons (Fsp3) is 0.417. The standard InChI is InChI=1S/C12H16BrN5O2/c1-4-18-12(15-16-17-18)14-7-8-5-9(13)11(20-3)10(6-8)19-2/h5-6H,4,7H2,1-3H3,(H,14,15,17). The Balaban J connectivity index is 2.16. The average Bonchev–Trinajstić information content (AvgIpc) is 2.91. The largest absolute Gasteiger partial charge is 0.493 e. The van der Waals surface area contributed by atoms with Gasteiger partial charge in [0.05, 0.1) is 18.7 Å². The first-order valence-corrected chi connectivity index (χ1v) is 6.89. The first-order valence-electron chi connectivity index (χ1n) is 6.10. The Hall–Kier alpha value is -1.83. The maximum Gasteiger partial charge on any atom is 0.243 e. The van der Waals surface area contributed by atoms with Crippen molar-refractivity contribution in [3.8, 4) is 11.5 Å². The number of hydrogen-bond donors (Lipinski definition) is 1. The minimum atomic E-state index is 0.583. The Labute approximate surface area is 125 Å². The van der Waals surface area contributed by atoms with Crippen LogP contribution in [0, 0.1) is 0 Å². The molecule has 0 spiro atoms. The van der Waals surface area contributed by atoms with Crippen molar-refractivity contribution < 1.29 is 9.47 Å². The fourth-order valence-corrected chi connectivity index (χ4v) is 2.45. The Bertz CT molecular complexity index is 587. The van der Waals surface area contributed by atoms with Gasteiger partial charge in [0.15, 0.2) is 11.5 Å². The third kappa shape index (κ3) is 3.01. The SMILES string of the molecule is CCn1nnnc1NCc1cc(Br)c(OC)c(OC)c1. The molecule has 0 saturated carbocycles. The molecule has 1 heterocycles. The zero-order valence-electron chi connectivity index (χ0n) is 11.6. The van der Waals surface area contributed by atoms with Crippen molar-refractivity contribution in [2.75, 3.05) is 19.5 Å². The molecule has 2 aromatic rings. The van der Waals surface area contributed by atoms with E-state index in [1.165, 1.54) is 0 Å². The number of nitrogens with zero attached hydrogens (tertiary/aromatic N) is 4. The van der Waals surface area contributed by atoms with Crippen molar-refractivity contribution in [3.63, 3.8) is 0 Å². The first-order chi connectivity index (χ1) is 9.69. The normalized spacial score (nSPS) is 10.4. The van der Waals surface area contributed by atoms with Crippen molar-refractivity contribution in [3.05, 3.63) is 22.2 Å². The Morgan fingerprint density at radius 1 is 1.30 bits per heavy atom. The summed E-state index contributed by atoms with van der Waals surface area (Å²) < 4.78 is 13.1. The molecule has 0 bridgehead atoms. The summed E-state index contributed by atoms with van der Waals surface area (Å²) >= 11 is 3.47. The van der Waals surface area contributed by atoms with E-state index < -0.39 is 0 Å². The molecular weight excluding hydrogens is 326 g/mol. The van der Waals surface area contributed by atoms with Gasteiger partial charge in [-0.05, 0) is 51.0 Å². The number of anilines is 1. The van der Waals surface area contributed by atoms with E-state index in [0.29, 0.717) is 30.5 Å². The summed E-state index contributed by atoms with van der Waals surface area (Å²) in [7, 11) is 3.22. The van der Waals surface area contributed by atoms with Gasteiger partial charge >= 0.3 is 0 Å². The number of aryl methyl sites for hydroxylation is 1. The van der Waals surface area contributed by atoms with Gasteiger partial charge in [0.1, 0.15) is 0 Å². The number of hydrogen-bond acceptors (Lipinski definition) is 6. The van der Waals surface area contributed by atoms with Gasteiger partial charge in [-0.15, -0.1) is 0 Å². The second kappa shape index (κ2) is 6.56. The first kappa shape index (κ1) is 14.6. The van der Waals surface area contributed by atoms with E-state index in [-0.39, 0.29) is 0 Å². The van der Waals surface area contributed by atoms with Gasteiger partial charge in [-0.2, -0.15) is 0 Å². The summed E-state index contributed by atoms with van der Waals surface area (Å²) in [5, 5.41) is 14.6. The van der Waals surface area contributed by atoms with Crippen LogP contribution in [0.15, 0.2) is 16.6 Å². The molecule has 1 aromatic heterocycles. The van der Waals surface area contributed by atoms with Crippen molar-refractivity contribution in [1.82, 2.24) is 20.2 Å². The highest BCUT2D eigenvalue weighted by atomic mass is 79.9. The summed E-state index contributed by atoms with van der Waals surface area (Å²) in [6.07, 6.45) is 0. The molecule has 0 aliphatic heterocycles. The molecule has 8 heteroatoms. The molecule has 108 valence electrons. The lowest BCUT2D eigenvalue weighted by molar-refractivity contribution is 0.352. The van der Waals surface area contributed by atoms with Crippen LogP contribution in [0.2, 0.25) is 0 Å². The van der Waals surface area contributed by atoms with E-state index in [4.69, 9.17) is 9.47 Å². The highest BCUT2D eigenvalue weighted by molar-refractivity contribution is 9.10. The van der Waals surface area contributed by atoms with Crippen LogP contribution in [-0.4, -0.2) is 34.4 Å². The number of halogens is 1. The van der Waals surface area contributed by atoms with Crippen molar-refractivity contribution >= 4 is 21.9 Å². The second-order valence-corrected chi connectivity index (χ2v) is 4.84. The molecule has 0 saturated heterocycles. The topological polar surface area (TPSA) is 74.1 Å². The molecule has 7 nitrogen and oxygen atoms in total. The molecule has 1 aromatic carbocycles. The highest BCUT2D eigenvalue weighted by Crippen LogP contribution is 2.36. The summed E-state index contributed by atoms with van der Waals surface area (Å²) in [6, 6.07) is 3.88. The third-order valence-electron chi connectivity index (χ3n) is 2.78. The highest BCUT2D eigenvalue weighted by Gasteiger charge is 2.11. The average molecular weight is 342 g/mol. The molecule has 0 aliphatic carbocycles. The van der Waals surface area contributed by atoms with Gasteiger partial charge < -0.3 is 14.8 Å². The van der Waals surface area contributed by atoms with Gasteiger partial charge in [-0.3, -0.25) is 0 Å². The van der Waals surface area contributed by atoms with Crippen LogP contribution in [0.5, 0.6) is 11.5 Å². The number of benzene rings is 1.